The number of ether oxygens (including phenoxy) is 1. The summed E-state index contributed by atoms with van der Waals surface area (Å²) in [6, 6.07) is 7.49. The lowest BCUT2D eigenvalue weighted by atomic mass is 9.87. The fourth-order valence-electron chi connectivity index (χ4n) is 4.19. The quantitative estimate of drug-likeness (QED) is 0.780. The van der Waals surface area contributed by atoms with Crippen LogP contribution in [0.5, 0.6) is 0 Å². The van der Waals surface area contributed by atoms with Gasteiger partial charge in [0.05, 0.1) is 0 Å². The molecule has 1 aromatic carbocycles. The van der Waals surface area contributed by atoms with Crippen molar-refractivity contribution in [3.8, 4) is 0 Å². The number of piperazine rings is 1. The Bertz CT molecular complexity index is 675. The van der Waals surface area contributed by atoms with Crippen molar-refractivity contribution in [2.75, 3.05) is 42.5 Å². The highest BCUT2D eigenvalue weighted by atomic mass is 16.6. The maximum absolute atomic E-state index is 12.3. The van der Waals surface area contributed by atoms with Crippen LogP contribution in [0.15, 0.2) is 18.2 Å². The van der Waals surface area contributed by atoms with E-state index in [-0.39, 0.29) is 6.09 Å². The fourth-order valence-corrected chi connectivity index (χ4v) is 4.19. The lowest BCUT2D eigenvalue weighted by molar-refractivity contribution is 0.0240. The smallest absolute Gasteiger partial charge is 0.410 e. The average Bonchev–Trinajstić information content (AvgIpc) is 2.61. The molecule has 0 saturated carbocycles. The first-order valence-electron chi connectivity index (χ1n) is 10.3. The van der Waals surface area contributed by atoms with E-state index in [2.05, 4.69) is 48.8 Å². The Kier molecular flexibility index (Phi) is 5.59. The lowest BCUT2D eigenvalue weighted by Crippen LogP contribution is -2.50. The van der Waals surface area contributed by atoms with Crippen LogP contribution in [-0.2, 0) is 11.2 Å². The van der Waals surface area contributed by atoms with Gasteiger partial charge in [-0.25, -0.2) is 4.79 Å². The number of carbonyl (C=O) groups is 1. The van der Waals surface area contributed by atoms with E-state index in [4.69, 9.17) is 4.74 Å². The molecule has 5 heteroatoms. The Morgan fingerprint density at radius 1 is 1.15 bits per heavy atom. The topological polar surface area (TPSA) is 36.0 Å². The summed E-state index contributed by atoms with van der Waals surface area (Å²) in [5.41, 5.74) is 3.68. The zero-order chi connectivity index (χ0) is 19.8. The molecule has 0 aromatic heterocycles. The molecule has 1 saturated heterocycles. The van der Waals surface area contributed by atoms with Gasteiger partial charge in [0.2, 0.25) is 0 Å². The van der Waals surface area contributed by atoms with Crippen molar-refractivity contribution in [1.29, 1.82) is 0 Å². The molecule has 1 fully saturated rings. The van der Waals surface area contributed by atoms with Crippen LogP contribution in [0.3, 0.4) is 0 Å². The van der Waals surface area contributed by atoms with Crippen LogP contribution in [-0.4, -0.2) is 55.4 Å². The highest BCUT2D eigenvalue weighted by Crippen LogP contribution is 2.36. The van der Waals surface area contributed by atoms with Gasteiger partial charge in [-0.2, -0.15) is 0 Å². The van der Waals surface area contributed by atoms with Gasteiger partial charge in [0, 0.05) is 50.1 Å². The number of hydrogen-bond donors (Lipinski definition) is 0. The molecule has 2 heterocycles. The number of hydrogen-bond acceptors (Lipinski definition) is 4. The maximum atomic E-state index is 12.3. The van der Waals surface area contributed by atoms with E-state index in [1.807, 2.05) is 25.7 Å². The third-order valence-electron chi connectivity index (χ3n) is 5.87. The van der Waals surface area contributed by atoms with Crippen LogP contribution in [0.25, 0.3) is 0 Å². The van der Waals surface area contributed by atoms with E-state index < -0.39 is 5.60 Å². The molecule has 1 amide bonds. The van der Waals surface area contributed by atoms with Gasteiger partial charge in [-0.05, 0) is 70.7 Å². The second-order valence-electron chi connectivity index (χ2n) is 8.98. The van der Waals surface area contributed by atoms with Crippen LogP contribution >= 0.6 is 0 Å². The second-order valence-corrected chi connectivity index (χ2v) is 8.98. The Labute approximate surface area is 164 Å². The zero-order valence-electron chi connectivity index (χ0n) is 17.8. The van der Waals surface area contributed by atoms with E-state index in [1.54, 1.807) is 0 Å². The molecule has 0 bridgehead atoms. The van der Waals surface area contributed by atoms with Crippen LogP contribution in [0.1, 0.15) is 47.1 Å². The van der Waals surface area contributed by atoms with Crippen molar-refractivity contribution in [2.24, 2.45) is 5.92 Å². The number of nitrogens with zero attached hydrogens (tertiary/aromatic N) is 3. The van der Waals surface area contributed by atoms with Crippen molar-refractivity contribution in [2.45, 2.75) is 59.6 Å². The van der Waals surface area contributed by atoms with E-state index in [9.17, 15) is 4.79 Å². The van der Waals surface area contributed by atoms with Gasteiger partial charge in [0.25, 0.3) is 0 Å². The number of anilines is 2. The highest BCUT2D eigenvalue weighted by molar-refractivity contribution is 5.69. The largest absolute Gasteiger partial charge is 0.444 e. The van der Waals surface area contributed by atoms with Gasteiger partial charge in [0.15, 0.2) is 0 Å². The Morgan fingerprint density at radius 3 is 2.41 bits per heavy atom. The number of carbonyl (C=O) groups excluding carboxylic acids is 1. The summed E-state index contributed by atoms with van der Waals surface area (Å²) in [7, 11) is 0. The molecule has 0 spiro atoms. The van der Waals surface area contributed by atoms with Gasteiger partial charge in [-0.15, -0.1) is 0 Å². The average molecular weight is 374 g/mol. The van der Waals surface area contributed by atoms with Crippen molar-refractivity contribution >= 4 is 17.5 Å². The first-order valence-corrected chi connectivity index (χ1v) is 10.3. The van der Waals surface area contributed by atoms with Gasteiger partial charge in [0.1, 0.15) is 5.60 Å². The predicted molar refractivity (Wildman–Crippen MR) is 112 cm³/mol. The summed E-state index contributed by atoms with van der Waals surface area (Å²) in [4.78, 5) is 19.0. The molecule has 2 aliphatic rings. The molecular formula is C22H35N3O2. The standard InChI is InChI=1S/C22H35N3O2/c1-7-25-17(3)16(2)14-18-15-19(8-9-20(18)25)23-10-12-24(13-11-23)21(26)27-22(4,5)6/h8-9,15-17H,7,10-14H2,1-6H3. The minimum atomic E-state index is -0.439. The van der Waals surface area contributed by atoms with Gasteiger partial charge >= 0.3 is 6.09 Å². The lowest BCUT2D eigenvalue weighted by Gasteiger charge is -2.41. The molecule has 150 valence electrons. The summed E-state index contributed by atoms with van der Waals surface area (Å²) < 4.78 is 5.50. The van der Waals surface area contributed by atoms with Gasteiger partial charge in [-0.1, -0.05) is 6.92 Å². The van der Waals surface area contributed by atoms with Crippen LogP contribution in [0.4, 0.5) is 16.2 Å². The molecule has 0 aliphatic carbocycles. The van der Waals surface area contributed by atoms with Crippen LogP contribution in [0, 0.1) is 5.92 Å². The van der Waals surface area contributed by atoms with E-state index in [0.29, 0.717) is 25.0 Å². The maximum Gasteiger partial charge on any atom is 0.410 e. The molecule has 1 aromatic rings. The van der Waals surface area contributed by atoms with Crippen LogP contribution < -0.4 is 9.80 Å². The molecular weight excluding hydrogens is 338 g/mol. The van der Waals surface area contributed by atoms with Crippen molar-refractivity contribution in [3.05, 3.63) is 23.8 Å². The fraction of sp³-hybridized carbons (Fsp3) is 0.682. The Balaban J connectivity index is 1.67. The molecule has 27 heavy (non-hydrogen) atoms. The SMILES string of the molecule is CCN1c2ccc(N3CCN(C(=O)OC(C)(C)C)CC3)cc2CC(C)C1C. The number of fused-ring (bicyclic) bond motifs is 1. The monoisotopic (exact) mass is 373 g/mol. The number of rotatable bonds is 2. The normalized spacial score (nSPS) is 23.3. The Morgan fingerprint density at radius 2 is 1.81 bits per heavy atom. The van der Waals surface area contributed by atoms with E-state index in [0.717, 1.165) is 26.1 Å². The first kappa shape index (κ1) is 19.8. The van der Waals surface area contributed by atoms with E-state index >= 15 is 0 Å². The third kappa shape index (κ3) is 4.33. The summed E-state index contributed by atoms with van der Waals surface area (Å²) in [6.45, 7) is 16.8. The first-order chi connectivity index (χ1) is 12.7. The molecule has 2 unspecified atom stereocenters. The van der Waals surface area contributed by atoms with Gasteiger partial charge < -0.3 is 19.4 Å². The molecule has 0 radical (unpaired) electrons. The van der Waals surface area contributed by atoms with Gasteiger partial charge in [-0.3, -0.25) is 0 Å². The summed E-state index contributed by atoms with van der Waals surface area (Å²) >= 11 is 0. The van der Waals surface area contributed by atoms with E-state index in [1.165, 1.54) is 16.9 Å². The minimum Gasteiger partial charge on any atom is -0.444 e. The number of benzene rings is 1. The molecule has 3 rings (SSSR count). The van der Waals surface area contributed by atoms with Crippen molar-refractivity contribution in [1.82, 2.24) is 4.90 Å². The summed E-state index contributed by atoms with van der Waals surface area (Å²) in [5.74, 6) is 0.664. The van der Waals surface area contributed by atoms with Crippen molar-refractivity contribution in [3.63, 3.8) is 0 Å². The third-order valence-corrected chi connectivity index (χ3v) is 5.87. The minimum absolute atomic E-state index is 0.200. The highest BCUT2D eigenvalue weighted by Gasteiger charge is 2.29. The second kappa shape index (κ2) is 7.61. The Hall–Kier alpha value is -1.91. The molecule has 2 atom stereocenters. The number of amides is 1. The summed E-state index contributed by atoms with van der Waals surface area (Å²) in [5, 5.41) is 0. The predicted octanol–water partition coefficient (Wildman–Crippen LogP) is 4.15. The molecule has 5 nitrogen and oxygen atoms in total. The van der Waals surface area contributed by atoms with Crippen LogP contribution in [0.2, 0.25) is 0 Å². The molecule has 2 aliphatic heterocycles. The summed E-state index contributed by atoms with van der Waals surface area (Å²) in [6.07, 6.45) is 0.938. The van der Waals surface area contributed by atoms with Crippen molar-refractivity contribution < 1.29 is 9.53 Å². The molecule has 0 N–H and O–H groups in total. The zero-order valence-corrected chi connectivity index (χ0v) is 17.8.